The number of nitrogens with zero attached hydrogens (tertiary/aromatic N) is 6. The minimum absolute atomic E-state index is 0.857. The largest absolute Gasteiger partial charge is 0.264 e. The van der Waals surface area contributed by atoms with E-state index in [2.05, 4.69) is 82.8 Å². The predicted octanol–water partition coefficient (Wildman–Crippen LogP) is 10.6. The molecule has 1 aliphatic heterocycles. The molecular weight excluding hydrogens is 637 g/mol. The van der Waals surface area contributed by atoms with E-state index in [1.807, 2.05) is 97.3 Å². The number of aromatic nitrogens is 4. The second kappa shape index (κ2) is 13.6. The van der Waals surface area contributed by atoms with Gasteiger partial charge in [-0.25, -0.2) is 20.0 Å². The lowest BCUT2D eigenvalue weighted by Crippen LogP contribution is -2.10. The average molecular weight is 667 g/mol. The summed E-state index contributed by atoms with van der Waals surface area (Å²) < 4.78 is 0. The van der Waals surface area contributed by atoms with Gasteiger partial charge >= 0.3 is 0 Å². The molecule has 8 aromatic rings. The molecule has 0 atom stereocenters. The minimum atomic E-state index is 0.857. The first-order valence-corrected chi connectivity index (χ1v) is 17.1. The van der Waals surface area contributed by atoms with Gasteiger partial charge in [0.2, 0.25) is 0 Å². The first-order chi connectivity index (χ1) is 25.8. The third kappa shape index (κ3) is 6.10. The van der Waals surface area contributed by atoms with Crippen molar-refractivity contribution in [2.45, 2.75) is 0 Å². The van der Waals surface area contributed by atoms with Crippen molar-refractivity contribution in [3.63, 3.8) is 0 Å². The monoisotopic (exact) mass is 666 g/mol. The fraction of sp³-hybridized carbons (Fsp3) is 0. The maximum Gasteiger partial charge on any atom is 0.0803 e. The van der Waals surface area contributed by atoms with E-state index in [1.54, 1.807) is 12.4 Å². The molecule has 0 aliphatic carbocycles. The van der Waals surface area contributed by atoms with Gasteiger partial charge in [-0.15, -0.1) is 0 Å². The highest BCUT2D eigenvalue weighted by Gasteiger charge is 2.20. The second-order valence-electron chi connectivity index (χ2n) is 12.4. The van der Waals surface area contributed by atoms with Crippen molar-refractivity contribution >= 4 is 22.8 Å². The molecule has 4 aromatic carbocycles. The molecule has 9 rings (SSSR count). The van der Waals surface area contributed by atoms with Crippen molar-refractivity contribution in [2.24, 2.45) is 9.98 Å². The lowest BCUT2D eigenvalue weighted by atomic mass is 9.95. The summed E-state index contributed by atoms with van der Waals surface area (Å²) in [6.07, 6.45) is 7.21. The third-order valence-corrected chi connectivity index (χ3v) is 9.10. The summed E-state index contributed by atoms with van der Waals surface area (Å²) in [6, 6.07) is 53.4. The number of rotatable bonds is 6. The molecule has 0 unspecified atom stereocenters. The molecule has 0 spiro atoms. The van der Waals surface area contributed by atoms with Gasteiger partial charge in [-0.2, -0.15) is 0 Å². The van der Waals surface area contributed by atoms with Crippen LogP contribution in [0.4, 0.5) is 11.4 Å². The third-order valence-electron chi connectivity index (χ3n) is 9.10. The highest BCUT2D eigenvalue weighted by molar-refractivity contribution is 6.22. The fourth-order valence-corrected chi connectivity index (χ4v) is 6.48. The van der Waals surface area contributed by atoms with Gasteiger partial charge in [0.1, 0.15) is 0 Å². The number of aliphatic imine (C=N–C) groups is 2. The lowest BCUT2D eigenvalue weighted by Gasteiger charge is -2.18. The van der Waals surface area contributed by atoms with Crippen molar-refractivity contribution in [2.75, 3.05) is 0 Å². The second-order valence-corrected chi connectivity index (χ2v) is 12.4. The Kier molecular flexibility index (Phi) is 8.08. The summed E-state index contributed by atoms with van der Waals surface area (Å²) in [5.41, 5.74) is 15.0. The summed E-state index contributed by atoms with van der Waals surface area (Å²) in [4.78, 5) is 29.1. The Labute approximate surface area is 301 Å². The zero-order chi connectivity index (χ0) is 34.7. The van der Waals surface area contributed by atoms with Crippen molar-refractivity contribution in [1.82, 2.24) is 19.9 Å². The van der Waals surface area contributed by atoms with Gasteiger partial charge in [0.25, 0.3) is 0 Å². The molecule has 0 amide bonds. The maximum atomic E-state index is 5.34. The molecule has 244 valence electrons. The van der Waals surface area contributed by atoms with Crippen LogP contribution in [0.3, 0.4) is 0 Å². The summed E-state index contributed by atoms with van der Waals surface area (Å²) in [6.45, 7) is 0. The predicted molar refractivity (Wildman–Crippen MR) is 209 cm³/mol. The quantitative estimate of drug-likeness (QED) is 0.177. The normalized spacial score (nSPS) is 14.1. The molecule has 1 aliphatic rings. The van der Waals surface area contributed by atoms with Crippen LogP contribution in [0.5, 0.6) is 0 Å². The summed E-state index contributed by atoms with van der Waals surface area (Å²) in [5.74, 6) is 0. The van der Waals surface area contributed by atoms with Gasteiger partial charge in [0, 0.05) is 69.3 Å². The Bertz CT molecular complexity index is 2410. The molecule has 0 bridgehead atoms. The number of benzene rings is 4. The van der Waals surface area contributed by atoms with Crippen LogP contribution in [0.15, 0.2) is 192 Å². The number of hydrogen-bond acceptors (Lipinski definition) is 6. The van der Waals surface area contributed by atoms with E-state index in [0.29, 0.717) is 0 Å². The van der Waals surface area contributed by atoms with E-state index in [1.165, 1.54) is 0 Å². The molecular formula is C46H30N6. The van der Waals surface area contributed by atoms with Crippen molar-refractivity contribution in [3.05, 3.63) is 205 Å². The van der Waals surface area contributed by atoms with E-state index in [-0.39, 0.29) is 0 Å². The molecule has 5 heterocycles. The Hall–Kier alpha value is -7.18. The molecule has 0 N–H and O–H groups in total. The number of pyridine rings is 4. The highest BCUT2D eigenvalue weighted by atomic mass is 14.8. The smallest absolute Gasteiger partial charge is 0.0803 e. The van der Waals surface area contributed by atoms with Crippen molar-refractivity contribution in [3.8, 4) is 45.0 Å². The Morgan fingerprint density at radius 3 is 1.08 bits per heavy atom. The Morgan fingerprint density at radius 1 is 0.288 bits per heavy atom. The zero-order valence-electron chi connectivity index (χ0n) is 28.0. The van der Waals surface area contributed by atoms with Gasteiger partial charge in [-0.05, 0) is 60.7 Å². The van der Waals surface area contributed by atoms with Gasteiger partial charge in [-0.1, -0.05) is 97.1 Å². The van der Waals surface area contributed by atoms with E-state index in [0.717, 1.165) is 90.1 Å². The number of para-hydroxylation sites is 2. The fourth-order valence-electron chi connectivity index (χ4n) is 6.48. The zero-order valence-corrected chi connectivity index (χ0v) is 28.0. The molecule has 6 heteroatoms. The van der Waals surface area contributed by atoms with Gasteiger partial charge in [0.15, 0.2) is 0 Å². The van der Waals surface area contributed by atoms with Crippen LogP contribution in [-0.4, -0.2) is 31.4 Å². The molecule has 0 saturated carbocycles. The van der Waals surface area contributed by atoms with Crippen LogP contribution in [0.2, 0.25) is 0 Å². The summed E-state index contributed by atoms with van der Waals surface area (Å²) in [5, 5.41) is 0. The van der Waals surface area contributed by atoms with Crippen LogP contribution < -0.4 is 0 Å². The van der Waals surface area contributed by atoms with Crippen LogP contribution in [0.25, 0.3) is 45.0 Å². The van der Waals surface area contributed by atoms with Crippen LogP contribution in [-0.2, 0) is 0 Å². The molecule has 52 heavy (non-hydrogen) atoms. The van der Waals surface area contributed by atoms with E-state index in [4.69, 9.17) is 20.0 Å². The maximum absolute atomic E-state index is 5.34. The first kappa shape index (κ1) is 30.8. The Balaban J connectivity index is 1.07. The standard InChI is InChI=1S/C46H30N6/c1-3-13-43-37(11-1)45(33-23-19-31(20-24-33)39-15-5-17-41(49-39)35-9-7-27-47-29-35)52-44-14-4-2-12-38(44)46(51-43)34-25-21-32(22-26-34)40-16-6-18-42(50-40)36-10-8-28-48-30-36/h1-30H/b45-37?,46-38?,51-43?,51-46-,52-44?,52-45-. The van der Waals surface area contributed by atoms with Crippen LogP contribution >= 0.6 is 0 Å². The van der Waals surface area contributed by atoms with Gasteiger partial charge < -0.3 is 0 Å². The molecule has 6 nitrogen and oxygen atoms in total. The molecule has 0 radical (unpaired) electrons. The Morgan fingerprint density at radius 2 is 0.673 bits per heavy atom. The molecule has 0 fully saturated rings. The van der Waals surface area contributed by atoms with Crippen LogP contribution in [0.1, 0.15) is 22.3 Å². The van der Waals surface area contributed by atoms with Gasteiger partial charge in [0.05, 0.1) is 45.6 Å². The van der Waals surface area contributed by atoms with Crippen molar-refractivity contribution < 1.29 is 0 Å². The molecule has 4 aromatic heterocycles. The number of hydrogen-bond donors (Lipinski definition) is 0. The van der Waals surface area contributed by atoms with E-state index < -0.39 is 0 Å². The average Bonchev–Trinajstić information content (AvgIpc) is 3.22. The number of fused-ring (bicyclic) bond motifs is 2. The SMILES string of the molecule is c1cncc(-c2cccc(-c3ccc(/C4=N/c5ccccc5/C(c5ccc(-c6cccc(-c7cccnc7)n6)cc5)=N\c5ccccc54)cc3)n2)c1. The van der Waals surface area contributed by atoms with Crippen molar-refractivity contribution in [1.29, 1.82) is 0 Å². The highest BCUT2D eigenvalue weighted by Crippen LogP contribution is 2.34. The van der Waals surface area contributed by atoms with E-state index >= 15 is 0 Å². The molecule has 0 saturated heterocycles. The lowest BCUT2D eigenvalue weighted by molar-refractivity contribution is 1.28. The van der Waals surface area contributed by atoms with Crippen LogP contribution in [0, 0.1) is 0 Å². The van der Waals surface area contributed by atoms with Gasteiger partial charge in [-0.3, -0.25) is 9.97 Å². The first-order valence-electron chi connectivity index (χ1n) is 17.1. The minimum Gasteiger partial charge on any atom is -0.264 e. The van der Waals surface area contributed by atoms with E-state index in [9.17, 15) is 0 Å². The topological polar surface area (TPSA) is 76.3 Å². The summed E-state index contributed by atoms with van der Waals surface area (Å²) in [7, 11) is 0. The summed E-state index contributed by atoms with van der Waals surface area (Å²) >= 11 is 0.